The molecule has 0 aliphatic carbocycles. The average molecular weight is 288 g/mol. The summed E-state index contributed by atoms with van der Waals surface area (Å²) in [5, 5.41) is 4.37. The van der Waals surface area contributed by atoms with E-state index in [0.717, 1.165) is 15.8 Å². The van der Waals surface area contributed by atoms with Gasteiger partial charge >= 0.3 is 5.69 Å². The molecule has 3 aromatic rings. The van der Waals surface area contributed by atoms with Gasteiger partial charge < -0.3 is 4.57 Å². The van der Waals surface area contributed by atoms with E-state index in [2.05, 4.69) is 10.1 Å². The Bertz CT molecular complexity index is 956. The van der Waals surface area contributed by atoms with Crippen molar-refractivity contribution in [2.24, 2.45) is 21.1 Å². The molecule has 3 aromatic heterocycles. The second kappa shape index (κ2) is 4.44. The minimum absolute atomic E-state index is 0.348. The number of imidazole rings is 1. The lowest BCUT2D eigenvalue weighted by atomic mass is 10.3. The number of nitrogens with zero attached hydrogens (tertiary/aromatic N) is 6. The Hall–Kier alpha value is -2.64. The minimum Gasteiger partial charge on any atom is -0.319 e. The van der Waals surface area contributed by atoms with Crippen LogP contribution in [0.4, 0.5) is 0 Å². The first-order valence-electron chi connectivity index (χ1n) is 6.50. The predicted octanol–water partition coefficient (Wildman–Crippen LogP) is -0.476. The number of hydrogen-bond acceptors (Lipinski definition) is 4. The minimum atomic E-state index is -0.383. The van der Waals surface area contributed by atoms with Gasteiger partial charge in [0.15, 0.2) is 11.2 Å². The lowest BCUT2D eigenvalue weighted by Gasteiger charge is -2.05. The molecule has 0 aromatic carbocycles. The maximum Gasteiger partial charge on any atom is 0.332 e. The van der Waals surface area contributed by atoms with Crippen molar-refractivity contribution in [2.45, 2.75) is 13.5 Å². The van der Waals surface area contributed by atoms with E-state index in [1.807, 2.05) is 20.2 Å². The van der Waals surface area contributed by atoms with Gasteiger partial charge in [0.1, 0.15) is 0 Å². The number of aromatic nitrogens is 6. The first-order valence-corrected chi connectivity index (χ1v) is 6.50. The van der Waals surface area contributed by atoms with Gasteiger partial charge in [-0.2, -0.15) is 5.10 Å². The van der Waals surface area contributed by atoms with Crippen LogP contribution in [0.5, 0.6) is 0 Å². The van der Waals surface area contributed by atoms with Crippen LogP contribution in [-0.2, 0) is 27.7 Å². The number of rotatable bonds is 2. The van der Waals surface area contributed by atoms with Gasteiger partial charge in [0.05, 0.1) is 18.6 Å². The highest BCUT2D eigenvalue weighted by molar-refractivity contribution is 5.70. The summed E-state index contributed by atoms with van der Waals surface area (Å²) in [6.45, 7) is 2.41. The van der Waals surface area contributed by atoms with Crippen molar-refractivity contribution in [3.8, 4) is 0 Å². The molecule has 0 atom stereocenters. The fraction of sp³-hybridized carbons (Fsp3) is 0.385. The Kier molecular flexibility index (Phi) is 2.82. The van der Waals surface area contributed by atoms with Gasteiger partial charge in [-0.1, -0.05) is 0 Å². The molecule has 3 rings (SSSR count). The van der Waals surface area contributed by atoms with Crippen LogP contribution in [0.1, 0.15) is 11.3 Å². The van der Waals surface area contributed by atoms with Crippen LogP contribution >= 0.6 is 0 Å². The summed E-state index contributed by atoms with van der Waals surface area (Å²) in [4.78, 5) is 28.4. The van der Waals surface area contributed by atoms with Crippen LogP contribution in [0.3, 0.4) is 0 Å². The maximum atomic E-state index is 12.3. The quantitative estimate of drug-likeness (QED) is 0.638. The molecule has 3 heterocycles. The molecule has 0 saturated carbocycles. The van der Waals surface area contributed by atoms with Gasteiger partial charge in [-0.05, 0) is 12.5 Å². The van der Waals surface area contributed by atoms with Crippen LogP contribution in [0.2, 0.25) is 0 Å². The highest BCUT2D eigenvalue weighted by atomic mass is 16.2. The molecule has 0 unspecified atom stereocenters. The van der Waals surface area contributed by atoms with E-state index in [9.17, 15) is 9.59 Å². The summed E-state index contributed by atoms with van der Waals surface area (Å²) in [6.07, 6.45) is 3.49. The molecule has 0 spiro atoms. The SMILES string of the molecule is Cc1cn(C)nc1Cn1cnc2c1c(=O)n(C)c(=O)n2C. The summed E-state index contributed by atoms with van der Waals surface area (Å²) in [5.41, 5.74) is 1.97. The average Bonchev–Trinajstić information content (AvgIpc) is 2.98. The molecular formula is C13H16N6O2. The summed E-state index contributed by atoms with van der Waals surface area (Å²) in [5.74, 6) is 0. The van der Waals surface area contributed by atoms with Gasteiger partial charge in [0.2, 0.25) is 0 Å². The molecule has 0 saturated heterocycles. The van der Waals surface area contributed by atoms with Crippen molar-refractivity contribution in [3.63, 3.8) is 0 Å². The van der Waals surface area contributed by atoms with E-state index in [0.29, 0.717) is 17.7 Å². The zero-order valence-electron chi connectivity index (χ0n) is 12.4. The molecule has 0 N–H and O–H groups in total. The topological polar surface area (TPSA) is 79.6 Å². The Morgan fingerprint density at radius 1 is 1.14 bits per heavy atom. The van der Waals surface area contributed by atoms with E-state index in [1.165, 1.54) is 11.6 Å². The highest BCUT2D eigenvalue weighted by Crippen LogP contribution is 2.11. The number of fused-ring (bicyclic) bond motifs is 1. The third-order valence-electron chi connectivity index (χ3n) is 3.65. The first-order chi connectivity index (χ1) is 9.90. The Labute approximate surface area is 119 Å². The number of aryl methyl sites for hydroxylation is 3. The largest absolute Gasteiger partial charge is 0.332 e. The van der Waals surface area contributed by atoms with E-state index >= 15 is 0 Å². The van der Waals surface area contributed by atoms with Gasteiger partial charge in [-0.15, -0.1) is 0 Å². The lowest BCUT2D eigenvalue weighted by molar-refractivity contribution is 0.693. The summed E-state index contributed by atoms with van der Waals surface area (Å²) in [7, 11) is 4.92. The van der Waals surface area contributed by atoms with E-state index in [-0.39, 0.29) is 11.2 Å². The van der Waals surface area contributed by atoms with Crippen molar-refractivity contribution < 1.29 is 0 Å². The standard InChI is InChI=1S/C13H16N6O2/c1-8-5-16(2)15-9(8)6-19-7-14-11-10(19)12(20)18(4)13(21)17(11)3/h5,7H,6H2,1-4H3. The molecular weight excluding hydrogens is 272 g/mol. The van der Waals surface area contributed by atoms with Gasteiger partial charge in [-0.25, -0.2) is 9.78 Å². The monoisotopic (exact) mass is 288 g/mol. The van der Waals surface area contributed by atoms with E-state index < -0.39 is 0 Å². The zero-order valence-corrected chi connectivity index (χ0v) is 12.4. The van der Waals surface area contributed by atoms with Crippen LogP contribution in [0, 0.1) is 6.92 Å². The fourth-order valence-electron chi connectivity index (χ4n) is 2.49. The second-order valence-corrected chi connectivity index (χ2v) is 5.18. The lowest BCUT2D eigenvalue weighted by Crippen LogP contribution is -2.37. The van der Waals surface area contributed by atoms with Crippen LogP contribution in [0.15, 0.2) is 22.1 Å². The second-order valence-electron chi connectivity index (χ2n) is 5.18. The van der Waals surface area contributed by atoms with Crippen molar-refractivity contribution in [2.75, 3.05) is 0 Å². The van der Waals surface area contributed by atoms with Gasteiger partial charge in [0, 0.05) is 27.3 Å². The molecule has 0 amide bonds. The Morgan fingerprint density at radius 3 is 2.48 bits per heavy atom. The molecule has 0 radical (unpaired) electrons. The Balaban J connectivity index is 2.24. The van der Waals surface area contributed by atoms with Crippen LogP contribution < -0.4 is 11.2 Å². The molecule has 21 heavy (non-hydrogen) atoms. The Morgan fingerprint density at radius 2 is 1.86 bits per heavy atom. The normalized spacial score (nSPS) is 11.4. The van der Waals surface area contributed by atoms with Crippen LogP contribution in [-0.4, -0.2) is 28.5 Å². The first kappa shape index (κ1) is 13.3. The molecule has 0 aliphatic rings. The van der Waals surface area contributed by atoms with Crippen molar-refractivity contribution in [3.05, 3.63) is 44.6 Å². The van der Waals surface area contributed by atoms with Crippen molar-refractivity contribution in [1.82, 2.24) is 28.5 Å². The van der Waals surface area contributed by atoms with E-state index in [1.54, 1.807) is 22.6 Å². The zero-order chi connectivity index (χ0) is 15.3. The number of hydrogen-bond donors (Lipinski definition) is 0. The van der Waals surface area contributed by atoms with Crippen molar-refractivity contribution >= 4 is 11.2 Å². The molecule has 0 aliphatic heterocycles. The molecule has 0 fully saturated rings. The maximum absolute atomic E-state index is 12.3. The van der Waals surface area contributed by atoms with Gasteiger partial charge in [-0.3, -0.25) is 18.6 Å². The summed E-state index contributed by atoms with van der Waals surface area (Å²) in [6, 6.07) is 0. The summed E-state index contributed by atoms with van der Waals surface area (Å²) >= 11 is 0. The fourth-order valence-corrected chi connectivity index (χ4v) is 2.49. The summed E-state index contributed by atoms with van der Waals surface area (Å²) < 4.78 is 5.92. The predicted molar refractivity (Wildman–Crippen MR) is 77.3 cm³/mol. The smallest absolute Gasteiger partial charge is 0.319 e. The van der Waals surface area contributed by atoms with Crippen molar-refractivity contribution in [1.29, 1.82) is 0 Å². The molecule has 0 bridgehead atoms. The van der Waals surface area contributed by atoms with Gasteiger partial charge in [0.25, 0.3) is 5.56 Å². The molecule has 110 valence electrons. The molecule has 8 nitrogen and oxygen atoms in total. The van der Waals surface area contributed by atoms with Crippen LogP contribution in [0.25, 0.3) is 11.2 Å². The third-order valence-corrected chi connectivity index (χ3v) is 3.65. The molecule has 8 heteroatoms. The highest BCUT2D eigenvalue weighted by Gasteiger charge is 2.15. The van der Waals surface area contributed by atoms with E-state index in [4.69, 9.17) is 0 Å². The third kappa shape index (κ3) is 1.91.